The van der Waals surface area contributed by atoms with Crippen molar-refractivity contribution in [3.63, 3.8) is 0 Å². The van der Waals surface area contributed by atoms with Crippen LogP contribution in [-0.2, 0) is 4.79 Å². The van der Waals surface area contributed by atoms with Crippen LogP contribution in [0, 0.1) is 12.3 Å². The Hall–Kier alpha value is -2.75. The summed E-state index contributed by atoms with van der Waals surface area (Å²) in [4.78, 5) is 29.5. The Morgan fingerprint density at radius 1 is 1.23 bits per heavy atom. The molecule has 1 heterocycles. The molecule has 0 saturated carbocycles. The number of thioether (sulfide) groups is 1. The summed E-state index contributed by atoms with van der Waals surface area (Å²) in [6.45, 7) is 0.155. The van der Waals surface area contributed by atoms with Crippen LogP contribution in [-0.4, -0.2) is 27.8 Å². The minimum Gasteiger partial charge on any atom is -0.344 e. The predicted molar refractivity (Wildman–Crippen MR) is 105 cm³/mol. The number of fused-ring (bicyclic) bond motifs is 1. The van der Waals surface area contributed by atoms with E-state index in [4.69, 9.17) is 18.0 Å². The average Bonchev–Trinajstić information content (AvgIpc) is 2.66. The number of aromatic nitrogens is 2. The number of rotatable bonds is 5. The molecule has 1 N–H and O–H groups in total. The van der Waals surface area contributed by atoms with Crippen LogP contribution in [0.15, 0.2) is 58.5 Å². The molecule has 130 valence electrons. The summed E-state index contributed by atoms with van der Waals surface area (Å²) in [6.07, 6.45) is 5.14. The minimum atomic E-state index is -0.241. The number of carbonyl (C=O) groups excluding carboxylic acids is 1. The van der Waals surface area contributed by atoms with Crippen LogP contribution in [0.1, 0.15) is 0 Å². The maximum absolute atomic E-state index is 13.0. The van der Waals surface area contributed by atoms with Gasteiger partial charge in [-0.3, -0.25) is 14.2 Å². The van der Waals surface area contributed by atoms with Gasteiger partial charge in [-0.1, -0.05) is 53.5 Å². The number of nitrogens with one attached hydrogen (secondary N) is 1. The summed E-state index contributed by atoms with van der Waals surface area (Å²) >= 11 is 7.44. The second-order valence-corrected chi connectivity index (χ2v) is 6.62. The third-order valence-corrected chi connectivity index (χ3v) is 4.82. The summed E-state index contributed by atoms with van der Waals surface area (Å²) < 4.78 is 1.43. The molecule has 1 aromatic heterocycles. The Labute approximate surface area is 159 Å². The molecule has 0 unspecified atom stereocenters. The topological polar surface area (TPSA) is 64.0 Å². The van der Waals surface area contributed by atoms with E-state index < -0.39 is 0 Å². The number of hydrogen-bond donors (Lipinski definition) is 1. The molecular weight excluding hydrogens is 370 g/mol. The van der Waals surface area contributed by atoms with Gasteiger partial charge in [0.2, 0.25) is 5.91 Å². The highest BCUT2D eigenvalue weighted by Gasteiger charge is 2.16. The van der Waals surface area contributed by atoms with Gasteiger partial charge in [-0.05, 0) is 24.3 Å². The molecule has 0 aliphatic carbocycles. The number of benzene rings is 2. The molecule has 2 aromatic carbocycles. The van der Waals surface area contributed by atoms with Gasteiger partial charge in [0.15, 0.2) is 5.16 Å². The fraction of sp³-hybridized carbons (Fsp3) is 0.105. The molecular formula is C19H14ClN3O2S. The highest BCUT2D eigenvalue weighted by atomic mass is 35.5. The van der Waals surface area contributed by atoms with Gasteiger partial charge in [0, 0.05) is 0 Å². The fourth-order valence-corrected chi connectivity index (χ4v) is 3.44. The van der Waals surface area contributed by atoms with Crippen LogP contribution < -0.4 is 10.9 Å². The molecule has 0 radical (unpaired) electrons. The zero-order valence-electron chi connectivity index (χ0n) is 13.6. The molecule has 3 aromatic rings. The smallest absolute Gasteiger partial charge is 0.266 e. The van der Waals surface area contributed by atoms with E-state index in [1.807, 2.05) is 6.07 Å². The lowest BCUT2D eigenvalue weighted by Gasteiger charge is -2.14. The van der Waals surface area contributed by atoms with Crippen molar-refractivity contribution in [1.29, 1.82) is 0 Å². The first-order chi connectivity index (χ1) is 12.6. The van der Waals surface area contributed by atoms with Crippen LogP contribution in [0.3, 0.4) is 0 Å². The zero-order chi connectivity index (χ0) is 18.5. The second-order valence-electron chi connectivity index (χ2n) is 5.27. The Morgan fingerprint density at radius 3 is 2.73 bits per heavy atom. The van der Waals surface area contributed by atoms with E-state index >= 15 is 0 Å². The lowest BCUT2D eigenvalue weighted by atomic mass is 10.2. The van der Waals surface area contributed by atoms with Crippen molar-refractivity contribution in [3.05, 3.63) is 63.9 Å². The van der Waals surface area contributed by atoms with Crippen LogP contribution in [0.25, 0.3) is 16.6 Å². The number of carbonyl (C=O) groups is 1. The number of terminal acetylenes is 1. The molecule has 5 nitrogen and oxygen atoms in total. The first kappa shape index (κ1) is 18.1. The lowest BCUT2D eigenvalue weighted by Crippen LogP contribution is -2.26. The van der Waals surface area contributed by atoms with E-state index in [1.165, 1.54) is 4.57 Å². The van der Waals surface area contributed by atoms with Crippen molar-refractivity contribution in [2.45, 2.75) is 5.16 Å². The van der Waals surface area contributed by atoms with Crippen molar-refractivity contribution in [2.24, 2.45) is 0 Å². The highest BCUT2D eigenvalue weighted by molar-refractivity contribution is 7.99. The van der Waals surface area contributed by atoms with Gasteiger partial charge in [0.05, 0.1) is 33.9 Å². The predicted octanol–water partition coefficient (Wildman–Crippen LogP) is 2.88. The minimum absolute atomic E-state index is 0.0803. The van der Waals surface area contributed by atoms with Crippen molar-refractivity contribution >= 4 is 40.2 Å². The average molecular weight is 384 g/mol. The largest absolute Gasteiger partial charge is 0.344 e. The van der Waals surface area contributed by atoms with Crippen LogP contribution >= 0.6 is 23.4 Å². The van der Waals surface area contributed by atoms with Crippen molar-refractivity contribution < 1.29 is 4.79 Å². The van der Waals surface area contributed by atoms with Crippen molar-refractivity contribution in [1.82, 2.24) is 14.9 Å². The van der Waals surface area contributed by atoms with Crippen LogP contribution in [0.2, 0.25) is 5.02 Å². The van der Waals surface area contributed by atoms with E-state index in [-0.39, 0.29) is 23.8 Å². The normalized spacial score (nSPS) is 10.5. The van der Waals surface area contributed by atoms with Gasteiger partial charge in [0.25, 0.3) is 5.56 Å². The summed E-state index contributed by atoms with van der Waals surface area (Å²) in [5.41, 5.74) is 0.839. The second kappa shape index (κ2) is 8.09. The maximum Gasteiger partial charge on any atom is 0.266 e. The Bertz CT molecular complexity index is 1070. The number of amides is 1. The molecule has 26 heavy (non-hydrogen) atoms. The number of para-hydroxylation sites is 2. The summed E-state index contributed by atoms with van der Waals surface area (Å²) in [5.74, 6) is 2.19. The molecule has 7 heteroatoms. The first-order valence-electron chi connectivity index (χ1n) is 7.71. The number of halogens is 1. The molecule has 0 fully saturated rings. The highest BCUT2D eigenvalue weighted by Crippen LogP contribution is 2.25. The van der Waals surface area contributed by atoms with Gasteiger partial charge < -0.3 is 5.32 Å². The lowest BCUT2D eigenvalue weighted by molar-refractivity contribution is -0.118. The fourth-order valence-electron chi connectivity index (χ4n) is 2.39. The molecule has 0 spiro atoms. The van der Waals surface area contributed by atoms with Gasteiger partial charge >= 0.3 is 0 Å². The quantitative estimate of drug-likeness (QED) is 0.418. The Kier molecular flexibility index (Phi) is 5.61. The zero-order valence-corrected chi connectivity index (χ0v) is 15.2. The third kappa shape index (κ3) is 3.74. The van der Waals surface area contributed by atoms with Crippen molar-refractivity contribution in [2.75, 3.05) is 12.3 Å². The van der Waals surface area contributed by atoms with E-state index in [1.54, 1.807) is 42.5 Å². The standard InChI is InChI=1S/C19H14ClN3O2S/c1-2-11-21-17(24)12-26-19-22-15-9-5-3-7-13(15)18(25)23(19)16-10-6-4-8-14(16)20/h1,3-10H,11-12H2,(H,21,24). The molecule has 0 aliphatic rings. The number of nitrogens with zero attached hydrogens (tertiary/aromatic N) is 2. The third-order valence-electron chi connectivity index (χ3n) is 3.56. The Balaban J connectivity index is 2.10. The number of hydrogen-bond acceptors (Lipinski definition) is 4. The monoisotopic (exact) mass is 383 g/mol. The van der Waals surface area contributed by atoms with Gasteiger partial charge in [-0.2, -0.15) is 0 Å². The van der Waals surface area contributed by atoms with Gasteiger partial charge in [-0.15, -0.1) is 6.42 Å². The molecule has 0 aliphatic heterocycles. The molecule has 0 saturated heterocycles. The van der Waals surface area contributed by atoms with Crippen LogP contribution in [0.5, 0.6) is 0 Å². The molecule has 1 amide bonds. The van der Waals surface area contributed by atoms with E-state index in [2.05, 4.69) is 16.2 Å². The summed E-state index contributed by atoms with van der Waals surface area (Å²) in [7, 11) is 0. The van der Waals surface area contributed by atoms with Crippen molar-refractivity contribution in [3.8, 4) is 18.0 Å². The Morgan fingerprint density at radius 2 is 1.96 bits per heavy atom. The molecule has 0 atom stereocenters. The van der Waals surface area contributed by atoms with E-state index in [0.717, 1.165) is 11.8 Å². The molecule has 3 rings (SSSR count). The summed E-state index contributed by atoms with van der Waals surface area (Å²) in [6, 6.07) is 14.1. The van der Waals surface area contributed by atoms with Gasteiger partial charge in [0.1, 0.15) is 0 Å². The van der Waals surface area contributed by atoms with E-state index in [0.29, 0.717) is 26.8 Å². The van der Waals surface area contributed by atoms with Crippen LogP contribution in [0.4, 0.5) is 0 Å². The summed E-state index contributed by atoms with van der Waals surface area (Å²) in [5, 5.41) is 3.88. The van der Waals surface area contributed by atoms with Gasteiger partial charge in [-0.25, -0.2) is 4.98 Å². The first-order valence-corrected chi connectivity index (χ1v) is 9.08. The molecule has 0 bridgehead atoms. The SMILES string of the molecule is C#CCNC(=O)CSc1nc2ccccc2c(=O)n1-c1ccccc1Cl. The maximum atomic E-state index is 13.0. The van der Waals surface area contributed by atoms with E-state index in [9.17, 15) is 9.59 Å².